The molecule has 0 fully saturated rings. The lowest BCUT2D eigenvalue weighted by molar-refractivity contribution is -0.168. The molecule has 0 spiro atoms. The summed E-state index contributed by atoms with van der Waals surface area (Å²) in [7, 11) is 0. The Hall–Kier alpha value is -2.67. The van der Waals surface area contributed by atoms with Crippen LogP contribution in [0.25, 0.3) is 0 Å². The molecule has 152 valence electrons. The van der Waals surface area contributed by atoms with Gasteiger partial charge in [-0.2, -0.15) is 0 Å². The molecule has 2 aromatic carbocycles. The van der Waals surface area contributed by atoms with Crippen LogP contribution in [0.2, 0.25) is 5.02 Å². The van der Waals surface area contributed by atoms with E-state index in [-0.39, 0.29) is 30.2 Å². The first-order chi connectivity index (χ1) is 13.8. The smallest absolute Gasteiger partial charge is 0.330 e. The summed E-state index contributed by atoms with van der Waals surface area (Å²) in [6.45, 7) is 5.47. The third kappa shape index (κ3) is 3.23. The Morgan fingerprint density at radius 2 is 2.00 bits per heavy atom. The second kappa shape index (κ2) is 7.99. The van der Waals surface area contributed by atoms with E-state index in [0.717, 1.165) is 5.56 Å². The van der Waals surface area contributed by atoms with Gasteiger partial charge in [0.25, 0.3) is 5.91 Å². The van der Waals surface area contributed by atoms with E-state index in [1.165, 1.54) is 11.0 Å². The Bertz CT molecular complexity index is 949. The van der Waals surface area contributed by atoms with Crippen LogP contribution in [0.3, 0.4) is 0 Å². The van der Waals surface area contributed by atoms with Crippen LogP contribution in [0.1, 0.15) is 24.5 Å². The van der Waals surface area contributed by atoms with Crippen LogP contribution in [0.5, 0.6) is 0 Å². The van der Waals surface area contributed by atoms with Crippen LogP contribution in [0, 0.1) is 0 Å². The fourth-order valence-corrected chi connectivity index (χ4v) is 4.02. The van der Waals surface area contributed by atoms with Crippen molar-refractivity contribution in [3.63, 3.8) is 0 Å². The van der Waals surface area contributed by atoms with Crippen molar-refractivity contribution in [1.82, 2.24) is 0 Å². The molecule has 29 heavy (non-hydrogen) atoms. The molecule has 3 rings (SSSR count). The first kappa shape index (κ1) is 21.0. The van der Waals surface area contributed by atoms with E-state index < -0.39 is 23.0 Å². The number of fused-ring (bicyclic) bond motifs is 1. The number of nitrogens with zero attached hydrogens (tertiary/aromatic N) is 1. The molecule has 7 heteroatoms. The number of rotatable bonds is 7. The van der Waals surface area contributed by atoms with Crippen molar-refractivity contribution in [2.75, 3.05) is 11.5 Å². The number of amides is 1. The molecule has 3 N–H and O–H groups in total. The van der Waals surface area contributed by atoms with Crippen molar-refractivity contribution in [3.8, 4) is 0 Å². The van der Waals surface area contributed by atoms with Gasteiger partial charge in [0.1, 0.15) is 0 Å². The van der Waals surface area contributed by atoms with Gasteiger partial charge >= 0.3 is 5.97 Å². The minimum atomic E-state index is -2.41. The molecule has 0 aliphatic carbocycles. The SMILES string of the molecule is C=CC[C@](N)(C(=O)OCC)[C@]1(O)C(=O)N(Cc2ccccc2)c2cccc(Cl)c21. The van der Waals surface area contributed by atoms with Gasteiger partial charge in [-0.1, -0.05) is 54.1 Å². The highest BCUT2D eigenvalue weighted by molar-refractivity contribution is 6.33. The Morgan fingerprint density at radius 3 is 2.62 bits per heavy atom. The van der Waals surface area contributed by atoms with Crippen molar-refractivity contribution in [1.29, 1.82) is 0 Å². The zero-order valence-electron chi connectivity index (χ0n) is 16.1. The molecule has 0 saturated heterocycles. The van der Waals surface area contributed by atoms with E-state index in [1.807, 2.05) is 30.3 Å². The van der Waals surface area contributed by atoms with E-state index in [9.17, 15) is 14.7 Å². The molecular formula is C22H23ClN2O4. The summed E-state index contributed by atoms with van der Waals surface area (Å²) in [5.74, 6) is -1.63. The molecule has 0 radical (unpaired) electrons. The van der Waals surface area contributed by atoms with Crippen LogP contribution < -0.4 is 10.6 Å². The van der Waals surface area contributed by atoms with Crippen molar-refractivity contribution in [2.45, 2.75) is 31.0 Å². The number of ether oxygens (including phenoxy) is 1. The van der Waals surface area contributed by atoms with Gasteiger partial charge in [0.15, 0.2) is 5.54 Å². The maximum Gasteiger partial charge on any atom is 0.330 e. The Labute approximate surface area is 174 Å². The van der Waals surface area contributed by atoms with Gasteiger partial charge in [0, 0.05) is 10.6 Å². The van der Waals surface area contributed by atoms with E-state index in [0.29, 0.717) is 5.69 Å². The topological polar surface area (TPSA) is 92.9 Å². The van der Waals surface area contributed by atoms with Crippen LogP contribution in [0.15, 0.2) is 61.2 Å². The highest BCUT2D eigenvalue weighted by Gasteiger charge is 2.65. The third-order valence-electron chi connectivity index (χ3n) is 5.13. The van der Waals surface area contributed by atoms with Gasteiger partial charge in [-0.3, -0.25) is 4.79 Å². The molecule has 6 nitrogen and oxygen atoms in total. The lowest BCUT2D eigenvalue weighted by Crippen LogP contribution is -2.67. The maximum atomic E-state index is 13.6. The minimum absolute atomic E-state index is 0.0440. The summed E-state index contributed by atoms with van der Waals surface area (Å²) in [4.78, 5) is 27.8. The highest BCUT2D eigenvalue weighted by Crippen LogP contribution is 2.50. The number of carbonyl (C=O) groups is 2. The van der Waals surface area contributed by atoms with Gasteiger partial charge in [-0.25, -0.2) is 4.79 Å². The second-order valence-corrected chi connectivity index (χ2v) is 7.31. The number of carbonyl (C=O) groups excluding carboxylic acids is 2. The first-order valence-electron chi connectivity index (χ1n) is 9.25. The van der Waals surface area contributed by atoms with E-state index >= 15 is 0 Å². The molecule has 1 aliphatic heterocycles. The third-order valence-corrected chi connectivity index (χ3v) is 5.45. The molecular weight excluding hydrogens is 392 g/mol. The first-order valence-corrected chi connectivity index (χ1v) is 9.63. The van der Waals surface area contributed by atoms with Gasteiger partial charge < -0.3 is 20.5 Å². The minimum Gasteiger partial charge on any atom is -0.465 e. The monoisotopic (exact) mass is 414 g/mol. The van der Waals surface area contributed by atoms with Crippen molar-refractivity contribution in [2.24, 2.45) is 5.73 Å². The second-order valence-electron chi connectivity index (χ2n) is 6.91. The molecule has 2 atom stereocenters. The van der Waals surface area contributed by atoms with Gasteiger partial charge in [0.05, 0.1) is 18.8 Å². The summed E-state index contributed by atoms with van der Waals surface area (Å²) in [5, 5.41) is 11.9. The largest absolute Gasteiger partial charge is 0.465 e. The molecule has 0 aromatic heterocycles. The number of halogens is 1. The number of esters is 1. The number of aliphatic hydroxyl groups is 1. The zero-order chi connectivity index (χ0) is 21.2. The molecule has 2 aromatic rings. The normalized spacial score (nSPS) is 20.1. The molecule has 1 heterocycles. The lowest BCUT2D eigenvalue weighted by Gasteiger charge is -2.38. The molecule has 0 unspecified atom stereocenters. The van der Waals surface area contributed by atoms with Gasteiger partial charge in [-0.15, -0.1) is 6.58 Å². The molecule has 1 amide bonds. The number of hydrogen-bond donors (Lipinski definition) is 2. The van der Waals surface area contributed by atoms with Crippen LogP contribution in [-0.4, -0.2) is 29.1 Å². The summed E-state index contributed by atoms with van der Waals surface area (Å²) in [5.41, 5.74) is 3.25. The van der Waals surface area contributed by atoms with Crippen LogP contribution in [-0.2, 0) is 26.5 Å². The van der Waals surface area contributed by atoms with Crippen molar-refractivity contribution < 1.29 is 19.4 Å². The molecule has 1 aliphatic rings. The predicted octanol–water partition coefficient (Wildman–Crippen LogP) is 2.91. The lowest BCUT2D eigenvalue weighted by atomic mass is 9.74. The van der Waals surface area contributed by atoms with E-state index in [1.54, 1.807) is 25.1 Å². The number of benzene rings is 2. The average molecular weight is 415 g/mol. The predicted molar refractivity (Wildman–Crippen MR) is 111 cm³/mol. The average Bonchev–Trinajstić information content (AvgIpc) is 2.93. The van der Waals surface area contributed by atoms with E-state index in [2.05, 4.69) is 6.58 Å². The van der Waals surface area contributed by atoms with E-state index in [4.69, 9.17) is 22.1 Å². The van der Waals surface area contributed by atoms with Crippen LogP contribution in [0.4, 0.5) is 5.69 Å². The summed E-state index contributed by atoms with van der Waals surface area (Å²) < 4.78 is 5.11. The Morgan fingerprint density at radius 1 is 1.31 bits per heavy atom. The van der Waals surface area contributed by atoms with Crippen LogP contribution >= 0.6 is 11.6 Å². The molecule has 0 saturated carbocycles. The highest BCUT2D eigenvalue weighted by atomic mass is 35.5. The summed E-state index contributed by atoms with van der Waals surface area (Å²) >= 11 is 6.40. The van der Waals surface area contributed by atoms with Gasteiger partial charge in [-0.05, 0) is 31.0 Å². The quantitative estimate of drug-likeness (QED) is 0.536. The fourth-order valence-electron chi connectivity index (χ4n) is 3.71. The number of anilines is 1. The molecule has 0 bridgehead atoms. The van der Waals surface area contributed by atoms with Gasteiger partial charge in [0.2, 0.25) is 5.60 Å². The van der Waals surface area contributed by atoms with Crippen molar-refractivity contribution >= 4 is 29.2 Å². The summed E-state index contributed by atoms with van der Waals surface area (Å²) in [6.07, 6.45) is 1.19. The zero-order valence-corrected chi connectivity index (χ0v) is 16.9. The maximum absolute atomic E-state index is 13.6. The number of hydrogen-bond acceptors (Lipinski definition) is 5. The number of nitrogens with two attached hydrogens (primary N) is 1. The Kier molecular flexibility index (Phi) is 5.80. The Balaban J connectivity index is 2.19. The summed E-state index contributed by atoms with van der Waals surface area (Å²) in [6, 6.07) is 14.2. The fraction of sp³-hybridized carbons (Fsp3) is 0.273. The van der Waals surface area contributed by atoms with Crippen molar-refractivity contribution in [3.05, 3.63) is 77.3 Å². The standard InChI is InChI=1S/C22H23ClN2O4/c1-3-13-21(24,20(27)29-4-2)22(28)18-16(23)11-8-12-17(18)25(19(22)26)14-15-9-6-5-7-10-15/h3,5-12,28H,1,4,13-14,24H2,2H3/t21-,22+/m0/s1.